The zero-order chi connectivity index (χ0) is 12.3. The summed E-state index contributed by atoms with van der Waals surface area (Å²) in [6, 6.07) is 0. The summed E-state index contributed by atoms with van der Waals surface area (Å²) in [6.07, 6.45) is 6.56. The lowest BCUT2D eigenvalue weighted by Gasteiger charge is -2.22. The van der Waals surface area contributed by atoms with Gasteiger partial charge in [-0.05, 0) is 18.8 Å². The van der Waals surface area contributed by atoms with Gasteiger partial charge in [-0.3, -0.25) is 4.79 Å². The molecule has 1 aromatic heterocycles. The normalized spacial score (nSPS) is 19.1. The molecule has 4 nitrogen and oxygen atoms in total. The Morgan fingerprint density at radius 2 is 2.47 bits per heavy atom. The van der Waals surface area contributed by atoms with E-state index >= 15 is 0 Å². The molecular formula is C13H21N3O. The molecule has 94 valence electrons. The maximum absolute atomic E-state index is 12.0. The Kier molecular flexibility index (Phi) is 3.82. The van der Waals surface area contributed by atoms with E-state index < -0.39 is 0 Å². The number of aromatic nitrogens is 2. The number of nitrogens with one attached hydrogen (secondary N) is 1. The van der Waals surface area contributed by atoms with Crippen molar-refractivity contribution in [2.75, 3.05) is 6.54 Å². The lowest BCUT2D eigenvalue weighted by atomic mass is 9.97. The number of carbonyl (C=O) groups is 1. The highest BCUT2D eigenvalue weighted by Gasteiger charge is 2.24. The van der Waals surface area contributed by atoms with Crippen LogP contribution in [0, 0.1) is 11.8 Å². The van der Waals surface area contributed by atoms with Crippen LogP contribution in [0.25, 0.3) is 0 Å². The molecule has 1 aromatic rings. The predicted molar refractivity (Wildman–Crippen MR) is 66.5 cm³/mol. The highest BCUT2D eigenvalue weighted by molar-refractivity contribution is 5.78. The summed E-state index contributed by atoms with van der Waals surface area (Å²) in [6.45, 7) is 6.05. The smallest absolute Gasteiger partial charge is 0.223 e. The zero-order valence-corrected chi connectivity index (χ0v) is 10.6. The second-order valence-corrected chi connectivity index (χ2v) is 5.20. The molecule has 1 aliphatic heterocycles. The van der Waals surface area contributed by atoms with Crippen molar-refractivity contribution in [3.05, 3.63) is 18.2 Å². The Morgan fingerprint density at radius 1 is 1.65 bits per heavy atom. The number of aryl methyl sites for hydroxylation is 1. The predicted octanol–water partition coefficient (Wildman–Crippen LogP) is 1.61. The topological polar surface area (TPSA) is 46.9 Å². The van der Waals surface area contributed by atoms with Crippen molar-refractivity contribution in [3.63, 3.8) is 0 Å². The molecule has 1 unspecified atom stereocenters. The second kappa shape index (κ2) is 5.34. The van der Waals surface area contributed by atoms with Crippen LogP contribution >= 0.6 is 0 Å². The van der Waals surface area contributed by atoms with Crippen molar-refractivity contribution in [1.82, 2.24) is 14.9 Å². The number of hydrogen-bond acceptors (Lipinski definition) is 2. The second-order valence-electron chi connectivity index (χ2n) is 5.20. The molecule has 0 saturated carbocycles. The van der Waals surface area contributed by atoms with Crippen LogP contribution in [0.15, 0.2) is 12.4 Å². The minimum atomic E-state index is 0.108. The largest absolute Gasteiger partial charge is 0.356 e. The van der Waals surface area contributed by atoms with Crippen LogP contribution in [-0.4, -0.2) is 22.0 Å². The van der Waals surface area contributed by atoms with E-state index in [1.807, 2.05) is 12.4 Å². The van der Waals surface area contributed by atoms with Crippen molar-refractivity contribution in [3.8, 4) is 0 Å². The van der Waals surface area contributed by atoms with E-state index in [1.54, 1.807) is 0 Å². The molecule has 0 fully saturated rings. The number of hydrogen-bond donors (Lipinski definition) is 1. The summed E-state index contributed by atoms with van der Waals surface area (Å²) in [4.78, 5) is 16.2. The average Bonchev–Trinajstić information content (AvgIpc) is 2.75. The van der Waals surface area contributed by atoms with Crippen LogP contribution in [0.5, 0.6) is 0 Å². The average molecular weight is 235 g/mol. The summed E-state index contributed by atoms with van der Waals surface area (Å²) in [5.41, 5.74) is 0. The summed E-state index contributed by atoms with van der Waals surface area (Å²) < 4.78 is 2.14. The fourth-order valence-corrected chi connectivity index (χ4v) is 2.20. The Balaban J connectivity index is 1.82. The first-order chi connectivity index (χ1) is 8.16. The van der Waals surface area contributed by atoms with E-state index in [9.17, 15) is 4.79 Å². The molecule has 1 amide bonds. The monoisotopic (exact) mass is 235 g/mol. The summed E-state index contributed by atoms with van der Waals surface area (Å²) in [5.74, 6) is 1.98. The minimum Gasteiger partial charge on any atom is -0.356 e. The molecule has 0 bridgehead atoms. The van der Waals surface area contributed by atoms with Crippen molar-refractivity contribution < 1.29 is 4.79 Å². The lowest BCUT2D eigenvalue weighted by molar-refractivity contribution is -0.125. The van der Waals surface area contributed by atoms with Crippen LogP contribution in [0.1, 0.15) is 32.5 Å². The SMILES string of the molecule is CC(C)CCNC(=O)C1CCn2ccnc2C1. The van der Waals surface area contributed by atoms with E-state index in [1.165, 1.54) is 0 Å². The Labute approximate surface area is 102 Å². The Hall–Kier alpha value is -1.32. The van der Waals surface area contributed by atoms with Crippen molar-refractivity contribution in [2.24, 2.45) is 11.8 Å². The van der Waals surface area contributed by atoms with Gasteiger partial charge in [-0.25, -0.2) is 4.98 Å². The van der Waals surface area contributed by atoms with E-state index in [4.69, 9.17) is 0 Å². The molecule has 4 heteroatoms. The van der Waals surface area contributed by atoms with E-state index in [0.29, 0.717) is 5.92 Å². The highest BCUT2D eigenvalue weighted by Crippen LogP contribution is 2.19. The summed E-state index contributed by atoms with van der Waals surface area (Å²) >= 11 is 0. The maximum Gasteiger partial charge on any atom is 0.223 e. The van der Waals surface area contributed by atoms with Crippen molar-refractivity contribution in [1.29, 1.82) is 0 Å². The fraction of sp³-hybridized carbons (Fsp3) is 0.692. The molecule has 1 atom stereocenters. The first-order valence-corrected chi connectivity index (χ1v) is 6.44. The van der Waals surface area contributed by atoms with E-state index in [2.05, 4.69) is 28.7 Å². The first-order valence-electron chi connectivity index (χ1n) is 6.44. The summed E-state index contributed by atoms with van der Waals surface area (Å²) in [7, 11) is 0. The van der Waals surface area contributed by atoms with Gasteiger partial charge in [0.05, 0.1) is 0 Å². The number of fused-ring (bicyclic) bond motifs is 1. The molecule has 17 heavy (non-hydrogen) atoms. The molecular weight excluding hydrogens is 214 g/mol. The van der Waals surface area contributed by atoms with Gasteiger partial charge in [-0.1, -0.05) is 13.8 Å². The van der Waals surface area contributed by atoms with Gasteiger partial charge in [0.25, 0.3) is 0 Å². The third-order valence-corrected chi connectivity index (χ3v) is 3.34. The number of imidazole rings is 1. The quantitative estimate of drug-likeness (QED) is 0.861. The van der Waals surface area contributed by atoms with Crippen LogP contribution in [0.4, 0.5) is 0 Å². The van der Waals surface area contributed by atoms with Crippen molar-refractivity contribution in [2.45, 2.75) is 39.7 Å². The highest BCUT2D eigenvalue weighted by atomic mass is 16.1. The fourth-order valence-electron chi connectivity index (χ4n) is 2.20. The molecule has 2 heterocycles. The van der Waals surface area contributed by atoms with Gasteiger partial charge in [0.15, 0.2) is 0 Å². The van der Waals surface area contributed by atoms with Gasteiger partial charge in [0.1, 0.15) is 5.82 Å². The molecule has 0 aliphatic carbocycles. The van der Waals surface area contributed by atoms with Crippen LogP contribution in [0.3, 0.4) is 0 Å². The maximum atomic E-state index is 12.0. The molecule has 2 rings (SSSR count). The lowest BCUT2D eigenvalue weighted by Crippen LogP contribution is -2.36. The third-order valence-electron chi connectivity index (χ3n) is 3.34. The van der Waals surface area contributed by atoms with Crippen molar-refractivity contribution >= 4 is 5.91 Å². The number of carbonyl (C=O) groups excluding carboxylic acids is 1. The zero-order valence-electron chi connectivity index (χ0n) is 10.6. The van der Waals surface area contributed by atoms with Gasteiger partial charge in [-0.2, -0.15) is 0 Å². The van der Waals surface area contributed by atoms with Gasteiger partial charge >= 0.3 is 0 Å². The van der Waals surface area contributed by atoms with E-state index in [-0.39, 0.29) is 11.8 Å². The van der Waals surface area contributed by atoms with Crippen LogP contribution in [0.2, 0.25) is 0 Å². The molecule has 0 spiro atoms. The Morgan fingerprint density at radius 3 is 3.24 bits per heavy atom. The van der Waals surface area contributed by atoms with Gasteiger partial charge < -0.3 is 9.88 Å². The van der Waals surface area contributed by atoms with Gasteiger partial charge in [-0.15, -0.1) is 0 Å². The van der Waals surface area contributed by atoms with E-state index in [0.717, 1.165) is 38.2 Å². The number of amides is 1. The van der Waals surface area contributed by atoms with Gasteiger partial charge in [0, 0.05) is 37.8 Å². The summed E-state index contributed by atoms with van der Waals surface area (Å²) in [5, 5.41) is 3.03. The third kappa shape index (κ3) is 3.08. The molecule has 0 saturated heterocycles. The van der Waals surface area contributed by atoms with Gasteiger partial charge in [0.2, 0.25) is 5.91 Å². The number of nitrogens with zero attached hydrogens (tertiary/aromatic N) is 2. The molecule has 1 aliphatic rings. The number of rotatable bonds is 4. The van der Waals surface area contributed by atoms with Crippen LogP contribution in [-0.2, 0) is 17.8 Å². The minimum absolute atomic E-state index is 0.108. The van der Waals surface area contributed by atoms with Crippen LogP contribution < -0.4 is 5.32 Å². The first kappa shape index (κ1) is 12.1. The molecule has 0 aromatic carbocycles. The molecule has 1 N–H and O–H groups in total. The molecule has 0 radical (unpaired) electrons. The Bertz CT molecular complexity index is 384. The standard InChI is InChI=1S/C13H21N3O/c1-10(2)3-5-15-13(17)11-4-7-16-8-6-14-12(16)9-11/h6,8,10-11H,3-5,7,9H2,1-2H3,(H,15,17).